The lowest BCUT2D eigenvalue weighted by atomic mass is 10.1. The van der Waals surface area contributed by atoms with Gasteiger partial charge in [-0.05, 0) is 45.8 Å². The highest BCUT2D eigenvalue weighted by Gasteiger charge is 2.10. The summed E-state index contributed by atoms with van der Waals surface area (Å²) in [5, 5.41) is 10.1. The fraction of sp³-hybridized carbons (Fsp3) is 0.231. The van der Waals surface area contributed by atoms with E-state index in [4.69, 9.17) is 4.74 Å². The first-order chi connectivity index (χ1) is 8.19. The van der Waals surface area contributed by atoms with E-state index >= 15 is 0 Å². The maximum absolute atomic E-state index is 10.1. The summed E-state index contributed by atoms with van der Waals surface area (Å²) in [7, 11) is 1.63. The van der Waals surface area contributed by atoms with E-state index in [-0.39, 0.29) is 0 Å². The maximum Gasteiger partial charge on any atom is 0.119 e. The first-order valence-electron chi connectivity index (χ1n) is 5.25. The molecule has 2 nitrogen and oxygen atoms in total. The monoisotopic (exact) mass is 312 g/mol. The van der Waals surface area contributed by atoms with Crippen LogP contribution in [0.1, 0.15) is 16.5 Å². The average Bonchev–Trinajstić information content (AvgIpc) is 2.75. The molecule has 0 bridgehead atoms. The van der Waals surface area contributed by atoms with Crippen LogP contribution in [-0.4, -0.2) is 12.2 Å². The first kappa shape index (κ1) is 12.6. The summed E-state index contributed by atoms with van der Waals surface area (Å²) in [5.41, 5.74) is 0.883. The largest absolute Gasteiger partial charge is 0.497 e. The van der Waals surface area contributed by atoms with Crippen LogP contribution in [0.5, 0.6) is 5.75 Å². The van der Waals surface area contributed by atoms with Gasteiger partial charge >= 0.3 is 0 Å². The van der Waals surface area contributed by atoms with Gasteiger partial charge in [0.05, 0.1) is 17.0 Å². The molecular formula is C13H13BrO2S. The third-order valence-corrected chi connectivity index (χ3v) is 4.15. The summed E-state index contributed by atoms with van der Waals surface area (Å²) in [6, 6.07) is 11.6. The van der Waals surface area contributed by atoms with Crippen LogP contribution in [0.15, 0.2) is 40.2 Å². The Hall–Kier alpha value is -0.840. The van der Waals surface area contributed by atoms with Gasteiger partial charge in [-0.25, -0.2) is 0 Å². The van der Waals surface area contributed by atoms with E-state index in [1.165, 1.54) is 0 Å². The summed E-state index contributed by atoms with van der Waals surface area (Å²) in [5.74, 6) is 0.772. The standard InChI is InChI=1S/C13H13BrO2S/c1-16-10-4-2-3-9(7-10)12(15)8-11-5-6-13(14)17-11/h2-7,12,15H,8H2,1H3. The minimum Gasteiger partial charge on any atom is -0.497 e. The molecule has 90 valence electrons. The van der Waals surface area contributed by atoms with Crippen molar-refractivity contribution in [1.29, 1.82) is 0 Å². The molecule has 1 unspecified atom stereocenters. The number of hydrogen-bond acceptors (Lipinski definition) is 3. The van der Waals surface area contributed by atoms with Gasteiger partial charge in [0.15, 0.2) is 0 Å². The van der Waals surface area contributed by atoms with Crippen LogP contribution in [0, 0.1) is 0 Å². The highest BCUT2D eigenvalue weighted by atomic mass is 79.9. The Labute approximate surface area is 113 Å². The van der Waals surface area contributed by atoms with E-state index in [0.717, 1.165) is 20.0 Å². The second-order valence-corrected chi connectivity index (χ2v) is 6.25. The highest BCUT2D eigenvalue weighted by Crippen LogP contribution is 2.28. The van der Waals surface area contributed by atoms with E-state index in [2.05, 4.69) is 15.9 Å². The van der Waals surface area contributed by atoms with Gasteiger partial charge < -0.3 is 9.84 Å². The topological polar surface area (TPSA) is 29.5 Å². The van der Waals surface area contributed by atoms with Crippen LogP contribution in [0.25, 0.3) is 0 Å². The number of methoxy groups -OCH3 is 1. The van der Waals surface area contributed by atoms with Gasteiger partial charge in [-0.1, -0.05) is 12.1 Å². The van der Waals surface area contributed by atoms with Gasteiger partial charge in [0.1, 0.15) is 5.75 Å². The van der Waals surface area contributed by atoms with E-state index in [9.17, 15) is 5.11 Å². The Morgan fingerprint density at radius 1 is 1.35 bits per heavy atom. The van der Waals surface area contributed by atoms with Crippen LogP contribution < -0.4 is 4.74 Å². The quantitative estimate of drug-likeness (QED) is 0.930. The van der Waals surface area contributed by atoms with E-state index in [0.29, 0.717) is 6.42 Å². The summed E-state index contributed by atoms with van der Waals surface area (Å²) >= 11 is 5.06. The smallest absolute Gasteiger partial charge is 0.119 e. The van der Waals surface area contributed by atoms with Crippen molar-refractivity contribution < 1.29 is 9.84 Å². The van der Waals surface area contributed by atoms with Crippen molar-refractivity contribution in [3.63, 3.8) is 0 Å². The SMILES string of the molecule is COc1cccc(C(O)Cc2ccc(Br)s2)c1. The summed E-state index contributed by atoms with van der Waals surface area (Å²) in [6.07, 6.45) is 0.138. The van der Waals surface area contributed by atoms with Crippen molar-refractivity contribution in [3.8, 4) is 5.75 Å². The molecule has 17 heavy (non-hydrogen) atoms. The lowest BCUT2D eigenvalue weighted by Gasteiger charge is -2.10. The van der Waals surface area contributed by atoms with Crippen molar-refractivity contribution in [1.82, 2.24) is 0 Å². The third-order valence-electron chi connectivity index (χ3n) is 2.50. The van der Waals surface area contributed by atoms with Crippen LogP contribution >= 0.6 is 27.3 Å². The molecule has 1 N–H and O–H groups in total. The second-order valence-electron chi connectivity index (χ2n) is 3.70. The van der Waals surface area contributed by atoms with Crippen LogP contribution in [0.4, 0.5) is 0 Å². The summed E-state index contributed by atoms with van der Waals surface area (Å²) in [6.45, 7) is 0. The van der Waals surface area contributed by atoms with Crippen LogP contribution in [0.3, 0.4) is 0 Å². The molecule has 1 heterocycles. The molecule has 0 amide bonds. The summed E-state index contributed by atoms with van der Waals surface area (Å²) < 4.78 is 6.23. The Kier molecular flexibility index (Phi) is 4.20. The molecule has 2 aromatic rings. The molecule has 0 aliphatic rings. The third kappa shape index (κ3) is 3.31. The Bertz CT molecular complexity index is 496. The normalized spacial score (nSPS) is 12.4. The lowest BCUT2D eigenvalue weighted by molar-refractivity contribution is 0.179. The molecule has 1 aromatic carbocycles. The number of aliphatic hydroxyl groups is 1. The molecule has 0 aliphatic heterocycles. The zero-order valence-electron chi connectivity index (χ0n) is 9.39. The first-order valence-corrected chi connectivity index (χ1v) is 6.86. The van der Waals surface area contributed by atoms with E-state index in [1.807, 2.05) is 36.4 Å². The molecule has 0 saturated heterocycles. The maximum atomic E-state index is 10.1. The van der Waals surface area contributed by atoms with Gasteiger partial charge in [0, 0.05) is 11.3 Å². The fourth-order valence-corrected chi connectivity index (χ4v) is 3.14. The van der Waals surface area contributed by atoms with Gasteiger partial charge in [0.25, 0.3) is 0 Å². The second kappa shape index (κ2) is 5.67. The molecule has 1 atom stereocenters. The van der Waals surface area contributed by atoms with Gasteiger partial charge in [-0.3, -0.25) is 0 Å². The molecule has 0 radical (unpaired) electrons. The Morgan fingerprint density at radius 2 is 2.18 bits per heavy atom. The van der Waals surface area contributed by atoms with Crippen molar-refractivity contribution in [2.45, 2.75) is 12.5 Å². The Morgan fingerprint density at radius 3 is 2.82 bits per heavy atom. The number of ether oxygens (including phenoxy) is 1. The zero-order valence-corrected chi connectivity index (χ0v) is 11.8. The van der Waals surface area contributed by atoms with Crippen LogP contribution in [-0.2, 0) is 6.42 Å². The molecule has 0 fully saturated rings. The van der Waals surface area contributed by atoms with Crippen molar-refractivity contribution >= 4 is 27.3 Å². The zero-order chi connectivity index (χ0) is 12.3. The number of hydrogen-bond donors (Lipinski definition) is 1. The van der Waals surface area contributed by atoms with Gasteiger partial charge in [-0.2, -0.15) is 0 Å². The molecule has 0 aliphatic carbocycles. The van der Waals surface area contributed by atoms with Crippen molar-refractivity contribution in [3.05, 3.63) is 50.6 Å². The number of rotatable bonds is 4. The van der Waals surface area contributed by atoms with Gasteiger partial charge in [0.2, 0.25) is 0 Å². The molecule has 2 rings (SSSR count). The van der Waals surface area contributed by atoms with Crippen LogP contribution in [0.2, 0.25) is 0 Å². The van der Waals surface area contributed by atoms with Crippen molar-refractivity contribution in [2.75, 3.05) is 7.11 Å². The molecule has 0 saturated carbocycles. The predicted octanol–water partition coefficient (Wildman–Crippen LogP) is 3.80. The highest BCUT2D eigenvalue weighted by molar-refractivity contribution is 9.11. The number of aliphatic hydroxyl groups excluding tert-OH is 1. The number of benzene rings is 1. The molecular weight excluding hydrogens is 300 g/mol. The molecule has 1 aromatic heterocycles. The molecule has 4 heteroatoms. The molecule has 0 spiro atoms. The Balaban J connectivity index is 2.11. The number of halogens is 1. The predicted molar refractivity (Wildman–Crippen MR) is 73.7 cm³/mol. The number of thiophene rings is 1. The minimum absolute atomic E-state index is 0.490. The van der Waals surface area contributed by atoms with Crippen molar-refractivity contribution in [2.24, 2.45) is 0 Å². The van der Waals surface area contributed by atoms with E-state index in [1.54, 1.807) is 18.4 Å². The van der Waals surface area contributed by atoms with E-state index < -0.39 is 6.10 Å². The average molecular weight is 313 g/mol. The lowest BCUT2D eigenvalue weighted by Crippen LogP contribution is -2.00. The fourth-order valence-electron chi connectivity index (χ4n) is 1.62. The summed E-state index contributed by atoms with van der Waals surface area (Å²) in [4.78, 5) is 1.16. The van der Waals surface area contributed by atoms with Gasteiger partial charge in [-0.15, -0.1) is 11.3 Å². The minimum atomic E-state index is -0.490.